The molecule has 0 saturated carbocycles. The van der Waals surface area contributed by atoms with E-state index in [-0.39, 0.29) is 11.3 Å². The summed E-state index contributed by atoms with van der Waals surface area (Å²) in [5.74, 6) is -3.98. The fourth-order valence-electron chi connectivity index (χ4n) is 4.46. The smallest absolute Gasteiger partial charge is 0.338 e. The number of carbonyl (C=O) groups is 2. The minimum atomic E-state index is -1.92. The number of rotatable bonds is 9. The van der Waals surface area contributed by atoms with Crippen molar-refractivity contribution in [1.29, 1.82) is 0 Å². The molecule has 9 unspecified atom stereocenters. The first-order chi connectivity index (χ1) is 20.3. The van der Waals surface area contributed by atoms with Crippen LogP contribution in [-0.4, -0.2) is 128 Å². The monoisotopic (exact) mass is 612 g/mol. The predicted octanol–water partition coefficient (Wildman–Crippen LogP) is -1.48. The van der Waals surface area contributed by atoms with Crippen LogP contribution in [0.5, 0.6) is 28.7 Å². The number of esters is 1. The summed E-state index contributed by atoms with van der Waals surface area (Å²) >= 11 is 0. The lowest BCUT2D eigenvalue weighted by Crippen LogP contribution is -2.62. The van der Waals surface area contributed by atoms with Crippen LogP contribution in [0.15, 0.2) is 30.3 Å². The maximum Gasteiger partial charge on any atom is 0.338 e. The van der Waals surface area contributed by atoms with Crippen molar-refractivity contribution in [3.63, 3.8) is 0 Å². The van der Waals surface area contributed by atoms with E-state index in [1.807, 2.05) is 0 Å². The second-order valence-electron chi connectivity index (χ2n) is 9.88. The van der Waals surface area contributed by atoms with Crippen LogP contribution in [0, 0.1) is 0 Å². The minimum Gasteiger partial charge on any atom is -0.504 e. The van der Waals surface area contributed by atoms with Gasteiger partial charge in [-0.15, -0.1) is 0 Å². The number of hydrogen-bond acceptors (Lipinski definition) is 16. The summed E-state index contributed by atoms with van der Waals surface area (Å²) in [5, 5.41) is 80.9. The van der Waals surface area contributed by atoms with E-state index in [1.54, 1.807) is 0 Å². The average Bonchev–Trinajstić information content (AvgIpc) is 2.97. The summed E-state index contributed by atoms with van der Waals surface area (Å²) in [7, 11) is 1.37. The van der Waals surface area contributed by atoms with Gasteiger partial charge in [-0.05, 0) is 31.2 Å². The molecule has 0 amide bonds. The van der Waals surface area contributed by atoms with Crippen LogP contribution in [0.3, 0.4) is 0 Å². The van der Waals surface area contributed by atoms with E-state index >= 15 is 0 Å². The number of carbonyl (C=O) groups excluding carboxylic acids is 2. The fourth-order valence-corrected chi connectivity index (χ4v) is 4.46. The molecule has 43 heavy (non-hydrogen) atoms. The highest BCUT2D eigenvalue weighted by molar-refractivity contribution is 5.97. The molecule has 2 fully saturated rings. The summed E-state index contributed by atoms with van der Waals surface area (Å²) in [5.41, 5.74) is -0.358. The van der Waals surface area contributed by atoms with E-state index in [1.165, 1.54) is 32.2 Å². The zero-order valence-corrected chi connectivity index (χ0v) is 22.8. The highest BCUT2D eigenvalue weighted by Gasteiger charge is 2.49. The Balaban J connectivity index is 1.60. The van der Waals surface area contributed by atoms with Gasteiger partial charge in [-0.25, -0.2) is 4.79 Å². The number of Topliss-reactive ketones (excluding diaryl/α,β-unsaturated/α-hetero) is 1. The van der Waals surface area contributed by atoms with Gasteiger partial charge in [0, 0.05) is 6.07 Å². The van der Waals surface area contributed by atoms with Crippen LogP contribution >= 0.6 is 0 Å². The third-order valence-corrected chi connectivity index (χ3v) is 6.88. The van der Waals surface area contributed by atoms with Gasteiger partial charge in [-0.3, -0.25) is 4.79 Å². The first-order valence-electron chi connectivity index (χ1n) is 12.9. The summed E-state index contributed by atoms with van der Waals surface area (Å²) in [6, 6.07) is 5.83. The lowest BCUT2D eigenvalue weighted by atomic mass is 9.98. The zero-order chi connectivity index (χ0) is 31.6. The van der Waals surface area contributed by atoms with Gasteiger partial charge >= 0.3 is 5.97 Å². The van der Waals surface area contributed by atoms with Crippen molar-refractivity contribution in [2.24, 2.45) is 0 Å². The molecule has 2 aromatic rings. The maximum absolute atomic E-state index is 12.9. The highest BCUT2D eigenvalue weighted by Crippen LogP contribution is 2.36. The van der Waals surface area contributed by atoms with Crippen molar-refractivity contribution in [2.75, 3.05) is 20.3 Å². The van der Waals surface area contributed by atoms with Crippen LogP contribution in [0.4, 0.5) is 0 Å². The molecule has 0 radical (unpaired) electrons. The molecule has 236 valence electrons. The Morgan fingerprint density at radius 3 is 2.19 bits per heavy atom. The number of aromatic hydroxyl groups is 3. The van der Waals surface area contributed by atoms with E-state index in [9.17, 15) is 50.4 Å². The first kappa shape index (κ1) is 32.2. The Morgan fingerprint density at radius 2 is 1.56 bits per heavy atom. The van der Waals surface area contributed by atoms with E-state index in [2.05, 4.69) is 0 Å². The molecule has 2 aromatic carbocycles. The summed E-state index contributed by atoms with van der Waals surface area (Å²) < 4.78 is 32.8. The quantitative estimate of drug-likeness (QED) is 0.0913. The molecule has 2 aliphatic heterocycles. The summed E-state index contributed by atoms with van der Waals surface area (Å²) in [4.78, 5) is 25.1. The lowest BCUT2D eigenvalue weighted by Gasteiger charge is -2.42. The Morgan fingerprint density at radius 1 is 0.907 bits per heavy atom. The van der Waals surface area contributed by atoms with Gasteiger partial charge in [0.15, 0.2) is 35.4 Å². The van der Waals surface area contributed by atoms with E-state index < -0.39 is 103 Å². The Labute approximate surface area is 243 Å². The van der Waals surface area contributed by atoms with E-state index in [4.69, 9.17) is 28.4 Å². The molecule has 16 heteroatoms. The van der Waals surface area contributed by atoms with Gasteiger partial charge in [-0.2, -0.15) is 0 Å². The van der Waals surface area contributed by atoms with E-state index in [0.29, 0.717) is 5.75 Å². The Bertz CT molecular complexity index is 1290. The predicted molar refractivity (Wildman–Crippen MR) is 139 cm³/mol. The number of phenols is 3. The lowest BCUT2D eigenvalue weighted by molar-refractivity contribution is -0.307. The minimum absolute atomic E-state index is 0.0728. The van der Waals surface area contributed by atoms with Crippen molar-refractivity contribution in [1.82, 2.24) is 0 Å². The van der Waals surface area contributed by atoms with Gasteiger partial charge < -0.3 is 69.3 Å². The normalized spacial score (nSPS) is 30.8. The largest absolute Gasteiger partial charge is 0.504 e. The number of ketones is 1. The van der Waals surface area contributed by atoms with Gasteiger partial charge in [-0.1, -0.05) is 0 Å². The second kappa shape index (κ2) is 13.3. The fraction of sp³-hybridized carbons (Fsp3) is 0.481. The van der Waals surface area contributed by atoms with Crippen LogP contribution in [-0.2, 0) is 18.9 Å². The van der Waals surface area contributed by atoms with Crippen molar-refractivity contribution < 1.29 is 78.9 Å². The van der Waals surface area contributed by atoms with Crippen molar-refractivity contribution in [3.8, 4) is 28.7 Å². The third-order valence-electron chi connectivity index (χ3n) is 6.88. The van der Waals surface area contributed by atoms with Crippen LogP contribution in [0.1, 0.15) is 27.6 Å². The SMILES string of the molecule is COc1ccc(C(C)=O)c(OC2OC(COC3OCC(O)C(O)C3O)C(OC(=O)c3cc(O)c(O)c(O)c3)C(O)C2O)c1. The van der Waals surface area contributed by atoms with Crippen molar-refractivity contribution >= 4 is 11.8 Å². The molecular weight excluding hydrogens is 580 g/mol. The molecule has 0 aliphatic carbocycles. The number of ether oxygens (including phenoxy) is 6. The maximum atomic E-state index is 12.9. The molecule has 9 atom stereocenters. The van der Waals surface area contributed by atoms with Gasteiger partial charge in [0.1, 0.15) is 48.1 Å². The first-order valence-corrected chi connectivity index (χ1v) is 12.9. The molecule has 16 nitrogen and oxygen atoms in total. The molecule has 0 spiro atoms. The van der Waals surface area contributed by atoms with Crippen LogP contribution < -0.4 is 9.47 Å². The van der Waals surface area contributed by atoms with Gasteiger partial charge in [0.2, 0.25) is 6.29 Å². The second-order valence-corrected chi connectivity index (χ2v) is 9.88. The number of hydrogen-bond donors (Lipinski definition) is 8. The van der Waals surface area contributed by atoms with Gasteiger partial charge in [0.25, 0.3) is 0 Å². The molecule has 4 rings (SSSR count). The highest BCUT2D eigenvalue weighted by atomic mass is 16.7. The number of aliphatic hydroxyl groups is 5. The third kappa shape index (κ3) is 6.92. The zero-order valence-electron chi connectivity index (χ0n) is 22.8. The molecule has 2 heterocycles. The number of methoxy groups -OCH3 is 1. The molecular formula is C27H32O16. The standard InChI is InChI=1S/C27H32O16/c1-10(28)13-4-3-12(38-2)7-17(13)41-27-23(36)21(34)24(43-25(37)11-5-14(29)19(32)15(30)6-11)18(42-27)9-40-26-22(35)20(33)16(31)8-39-26/h3-7,16,18,20-24,26-27,29-36H,8-9H2,1-2H3. The van der Waals surface area contributed by atoms with Crippen LogP contribution in [0.2, 0.25) is 0 Å². The summed E-state index contributed by atoms with van der Waals surface area (Å²) in [6.45, 7) is 0.265. The van der Waals surface area contributed by atoms with Crippen molar-refractivity contribution in [2.45, 2.75) is 62.2 Å². The Kier molecular flexibility index (Phi) is 9.93. The summed E-state index contributed by atoms with van der Waals surface area (Å²) in [6.07, 6.45) is -14.9. The van der Waals surface area contributed by atoms with Crippen LogP contribution in [0.25, 0.3) is 0 Å². The molecule has 8 N–H and O–H groups in total. The van der Waals surface area contributed by atoms with Gasteiger partial charge in [0.05, 0.1) is 31.5 Å². The van der Waals surface area contributed by atoms with Crippen molar-refractivity contribution in [3.05, 3.63) is 41.5 Å². The molecule has 2 saturated heterocycles. The topological polar surface area (TPSA) is 251 Å². The number of phenolic OH excluding ortho intramolecular Hbond substituents is 3. The number of aliphatic hydroxyl groups excluding tert-OH is 5. The molecule has 0 bridgehead atoms. The average molecular weight is 613 g/mol. The van der Waals surface area contributed by atoms with E-state index in [0.717, 1.165) is 12.1 Å². The molecule has 0 aromatic heterocycles. The Hall–Kier alpha value is -3.74. The molecule has 2 aliphatic rings. The number of benzene rings is 2.